The highest BCUT2D eigenvalue weighted by Gasteiger charge is 2.13. The minimum atomic E-state index is 0.0833. The first-order valence-electron chi connectivity index (χ1n) is 4.46. The second kappa shape index (κ2) is 3.73. The van der Waals surface area contributed by atoms with Crippen molar-refractivity contribution < 1.29 is 4.84 Å². The van der Waals surface area contributed by atoms with Gasteiger partial charge in [-0.25, -0.2) is 0 Å². The van der Waals surface area contributed by atoms with Crippen LogP contribution in [-0.2, 0) is 4.84 Å². The number of benzene rings is 1. The molecule has 0 amide bonds. The van der Waals surface area contributed by atoms with Gasteiger partial charge >= 0.3 is 0 Å². The Morgan fingerprint density at radius 3 is 2.77 bits per heavy atom. The zero-order chi connectivity index (χ0) is 9.10. The van der Waals surface area contributed by atoms with E-state index in [-0.39, 0.29) is 6.10 Å². The van der Waals surface area contributed by atoms with E-state index in [2.05, 4.69) is 24.3 Å². The average Bonchev–Trinajstić information content (AvgIpc) is 2.19. The zero-order valence-corrected chi connectivity index (χ0v) is 7.68. The van der Waals surface area contributed by atoms with Crippen molar-refractivity contribution in [3.05, 3.63) is 48.0 Å². The number of hydroxylamine groups is 2. The van der Waals surface area contributed by atoms with Crippen LogP contribution in [0.5, 0.6) is 0 Å². The molecule has 0 spiro atoms. The molecule has 1 aliphatic heterocycles. The van der Waals surface area contributed by atoms with Gasteiger partial charge in [-0.1, -0.05) is 42.5 Å². The molecule has 0 fully saturated rings. The number of rotatable bonds is 1. The van der Waals surface area contributed by atoms with E-state index in [0.29, 0.717) is 0 Å². The van der Waals surface area contributed by atoms with Crippen LogP contribution in [0, 0.1) is 0 Å². The Bertz CT molecular complexity index is 294. The van der Waals surface area contributed by atoms with Crippen molar-refractivity contribution in [1.29, 1.82) is 0 Å². The van der Waals surface area contributed by atoms with Crippen LogP contribution in [0.2, 0.25) is 0 Å². The van der Waals surface area contributed by atoms with Crippen molar-refractivity contribution in [2.45, 2.75) is 6.10 Å². The number of likely N-dealkylation sites (N-methyl/N-ethyl adjacent to an activating group) is 1. The summed E-state index contributed by atoms with van der Waals surface area (Å²) >= 11 is 0. The Balaban J connectivity index is 2.18. The summed E-state index contributed by atoms with van der Waals surface area (Å²) in [4.78, 5) is 5.62. The highest BCUT2D eigenvalue weighted by atomic mass is 16.7. The third-order valence-electron chi connectivity index (χ3n) is 2.10. The molecule has 0 saturated carbocycles. The van der Waals surface area contributed by atoms with E-state index in [1.165, 1.54) is 5.56 Å². The van der Waals surface area contributed by atoms with Gasteiger partial charge in [0.25, 0.3) is 0 Å². The lowest BCUT2D eigenvalue weighted by atomic mass is 10.1. The number of hydrogen-bond acceptors (Lipinski definition) is 2. The lowest BCUT2D eigenvalue weighted by molar-refractivity contribution is -0.168. The van der Waals surface area contributed by atoms with Crippen LogP contribution in [0.25, 0.3) is 0 Å². The Morgan fingerprint density at radius 2 is 2.08 bits per heavy atom. The normalized spacial score (nSPS) is 23.3. The van der Waals surface area contributed by atoms with E-state index in [1.54, 1.807) is 0 Å². The summed E-state index contributed by atoms with van der Waals surface area (Å²) in [6, 6.07) is 10.2. The molecule has 2 nitrogen and oxygen atoms in total. The van der Waals surface area contributed by atoms with Gasteiger partial charge < -0.3 is 0 Å². The lowest BCUT2D eigenvalue weighted by Crippen LogP contribution is -2.24. The minimum absolute atomic E-state index is 0.0833. The molecule has 1 unspecified atom stereocenters. The first-order chi connectivity index (χ1) is 6.36. The van der Waals surface area contributed by atoms with E-state index in [9.17, 15) is 0 Å². The standard InChI is InChI=1S/C11H13NO/c1-12-9-5-8-11(13-12)10-6-3-2-4-7-10/h2-8,11H,9H2,1H3. The SMILES string of the molecule is CN1CC=CC(c2ccccc2)O1. The maximum absolute atomic E-state index is 5.62. The molecule has 0 aliphatic carbocycles. The minimum Gasteiger partial charge on any atom is -0.287 e. The molecule has 1 atom stereocenters. The van der Waals surface area contributed by atoms with E-state index < -0.39 is 0 Å². The van der Waals surface area contributed by atoms with Crippen LogP contribution in [-0.4, -0.2) is 18.7 Å². The van der Waals surface area contributed by atoms with Crippen LogP contribution >= 0.6 is 0 Å². The Hall–Kier alpha value is -1.12. The molecular formula is C11H13NO. The largest absolute Gasteiger partial charge is 0.287 e. The van der Waals surface area contributed by atoms with Crippen LogP contribution in [0.1, 0.15) is 11.7 Å². The molecule has 2 rings (SSSR count). The van der Waals surface area contributed by atoms with Gasteiger partial charge in [-0.3, -0.25) is 4.84 Å². The third-order valence-corrected chi connectivity index (χ3v) is 2.10. The van der Waals surface area contributed by atoms with Crippen molar-refractivity contribution in [2.75, 3.05) is 13.6 Å². The highest BCUT2D eigenvalue weighted by Crippen LogP contribution is 2.21. The quantitative estimate of drug-likeness (QED) is 0.606. The van der Waals surface area contributed by atoms with Gasteiger partial charge in [-0.15, -0.1) is 0 Å². The molecule has 1 aliphatic rings. The molecule has 68 valence electrons. The molecule has 13 heavy (non-hydrogen) atoms. The maximum atomic E-state index is 5.62. The number of nitrogens with zero attached hydrogens (tertiary/aromatic N) is 1. The Labute approximate surface area is 78.4 Å². The van der Waals surface area contributed by atoms with Crippen molar-refractivity contribution in [3.63, 3.8) is 0 Å². The maximum Gasteiger partial charge on any atom is 0.122 e. The third kappa shape index (κ3) is 1.97. The summed E-state index contributed by atoms with van der Waals surface area (Å²) < 4.78 is 0. The van der Waals surface area contributed by atoms with Gasteiger partial charge in [0, 0.05) is 13.6 Å². The van der Waals surface area contributed by atoms with Gasteiger partial charge in [-0.05, 0) is 5.56 Å². The molecule has 0 aromatic heterocycles. The first kappa shape index (κ1) is 8.48. The van der Waals surface area contributed by atoms with Gasteiger partial charge in [0.2, 0.25) is 0 Å². The fourth-order valence-corrected chi connectivity index (χ4v) is 1.42. The predicted molar refractivity (Wildman–Crippen MR) is 52.0 cm³/mol. The van der Waals surface area contributed by atoms with Crippen LogP contribution in [0.4, 0.5) is 0 Å². The average molecular weight is 175 g/mol. The van der Waals surface area contributed by atoms with E-state index in [0.717, 1.165) is 6.54 Å². The lowest BCUT2D eigenvalue weighted by Gasteiger charge is -2.25. The van der Waals surface area contributed by atoms with E-state index in [1.807, 2.05) is 30.3 Å². The fraction of sp³-hybridized carbons (Fsp3) is 0.273. The van der Waals surface area contributed by atoms with Crippen molar-refractivity contribution >= 4 is 0 Å². The van der Waals surface area contributed by atoms with E-state index in [4.69, 9.17) is 4.84 Å². The topological polar surface area (TPSA) is 12.5 Å². The second-order valence-electron chi connectivity index (χ2n) is 3.18. The molecule has 1 aromatic rings. The molecule has 0 bridgehead atoms. The monoisotopic (exact) mass is 175 g/mol. The van der Waals surface area contributed by atoms with Crippen LogP contribution in [0.3, 0.4) is 0 Å². The summed E-state index contributed by atoms with van der Waals surface area (Å²) in [5, 5.41) is 1.84. The predicted octanol–water partition coefficient (Wildman–Crippen LogP) is 2.16. The van der Waals surface area contributed by atoms with Crippen molar-refractivity contribution in [3.8, 4) is 0 Å². The number of hydrogen-bond donors (Lipinski definition) is 0. The van der Waals surface area contributed by atoms with Gasteiger partial charge in [-0.2, -0.15) is 5.06 Å². The molecule has 0 N–H and O–H groups in total. The second-order valence-corrected chi connectivity index (χ2v) is 3.18. The summed E-state index contributed by atoms with van der Waals surface area (Å²) in [6.07, 6.45) is 4.30. The molecular weight excluding hydrogens is 162 g/mol. The summed E-state index contributed by atoms with van der Waals surface area (Å²) in [5.74, 6) is 0. The zero-order valence-electron chi connectivity index (χ0n) is 7.68. The highest BCUT2D eigenvalue weighted by molar-refractivity contribution is 5.21. The van der Waals surface area contributed by atoms with Crippen LogP contribution < -0.4 is 0 Å². The van der Waals surface area contributed by atoms with Gasteiger partial charge in [0.05, 0.1) is 0 Å². The Morgan fingerprint density at radius 1 is 1.31 bits per heavy atom. The smallest absolute Gasteiger partial charge is 0.122 e. The van der Waals surface area contributed by atoms with Gasteiger partial charge in [0.15, 0.2) is 0 Å². The van der Waals surface area contributed by atoms with Crippen molar-refractivity contribution in [1.82, 2.24) is 5.06 Å². The fourth-order valence-electron chi connectivity index (χ4n) is 1.42. The molecule has 0 radical (unpaired) electrons. The molecule has 0 saturated heterocycles. The Kier molecular flexibility index (Phi) is 2.43. The molecule has 1 heterocycles. The summed E-state index contributed by atoms with van der Waals surface area (Å²) in [7, 11) is 1.94. The van der Waals surface area contributed by atoms with E-state index >= 15 is 0 Å². The molecule has 2 heteroatoms. The first-order valence-corrected chi connectivity index (χ1v) is 4.46. The summed E-state index contributed by atoms with van der Waals surface area (Å²) in [5.41, 5.74) is 1.20. The van der Waals surface area contributed by atoms with Gasteiger partial charge in [0.1, 0.15) is 6.10 Å². The molecule has 1 aromatic carbocycles. The summed E-state index contributed by atoms with van der Waals surface area (Å²) in [6.45, 7) is 0.864. The van der Waals surface area contributed by atoms with Crippen molar-refractivity contribution in [2.24, 2.45) is 0 Å². The van der Waals surface area contributed by atoms with Crippen LogP contribution in [0.15, 0.2) is 42.5 Å².